The molecule has 1 fully saturated rings. The van der Waals surface area contributed by atoms with Gasteiger partial charge in [0.25, 0.3) is 5.91 Å². The maximum atomic E-state index is 13.2. The van der Waals surface area contributed by atoms with Crippen molar-refractivity contribution in [2.45, 2.75) is 12.6 Å². The number of carbonyl (C=O) groups is 1. The molecule has 3 aromatic carbocycles. The number of morpholine rings is 1. The molecule has 160 valence electrons. The van der Waals surface area contributed by atoms with Gasteiger partial charge in [-0.1, -0.05) is 54.6 Å². The third-order valence-electron chi connectivity index (χ3n) is 5.56. The summed E-state index contributed by atoms with van der Waals surface area (Å²) in [5.41, 5.74) is 3.84. The third kappa shape index (κ3) is 5.51. The molecule has 0 aromatic heterocycles. The summed E-state index contributed by atoms with van der Waals surface area (Å²) in [6.45, 7) is 4.20. The molecule has 0 spiro atoms. The van der Waals surface area contributed by atoms with Crippen LogP contribution in [0.1, 0.15) is 33.1 Å². The van der Waals surface area contributed by atoms with Crippen molar-refractivity contribution < 1.29 is 14.3 Å². The van der Waals surface area contributed by atoms with E-state index in [4.69, 9.17) is 9.47 Å². The first-order valence-electron chi connectivity index (χ1n) is 10.6. The number of hydrogen-bond donors (Lipinski definition) is 1. The van der Waals surface area contributed by atoms with Gasteiger partial charge in [0.2, 0.25) is 0 Å². The average Bonchev–Trinajstić information content (AvgIpc) is 2.84. The lowest BCUT2D eigenvalue weighted by atomic mass is 9.98. The number of nitrogens with zero attached hydrogens (tertiary/aromatic N) is 1. The standard InChI is InChI=1S/C26H28N2O3/c1-30-24-12-10-22(11-13-24)25(21-7-3-2-4-8-21)27-26(29)23-9-5-6-20(18-23)19-28-14-16-31-17-15-28/h2-13,18,25H,14-17,19H2,1H3,(H,27,29). The van der Waals surface area contributed by atoms with Crippen LogP contribution in [0.3, 0.4) is 0 Å². The molecular formula is C26H28N2O3. The monoisotopic (exact) mass is 416 g/mol. The molecule has 0 saturated carbocycles. The number of methoxy groups -OCH3 is 1. The van der Waals surface area contributed by atoms with E-state index in [2.05, 4.69) is 16.3 Å². The van der Waals surface area contributed by atoms with E-state index in [9.17, 15) is 4.79 Å². The zero-order valence-electron chi connectivity index (χ0n) is 17.8. The van der Waals surface area contributed by atoms with E-state index in [1.54, 1.807) is 7.11 Å². The lowest BCUT2D eigenvalue weighted by Gasteiger charge is -2.26. The van der Waals surface area contributed by atoms with Gasteiger partial charge < -0.3 is 14.8 Å². The fourth-order valence-corrected chi connectivity index (χ4v) is 3.84. The third-order valence-corrected chi connectivity index (χ3v) is 5.56. The average molecular weight is 417 g/mol. The van der Waals surface area contributed by atoms with Gasteiger partial charge in [-0.2, -0.15) is 0 Å². The Hall–Kier alpha value is -3.15. The van der Waals surface area contributed by atoms with Crippen molar-refractivity contribution in [3.8, 4) is 5.75 Å². The van der Waals surface area contributed by atoms with Crippen LogP contribution >= 0.6 is 0 Å². The van der Waals surface area contributed by atoms with Crippen LogP contribution in [0.25, 0.3) is 0 Å². The van der Waals surface area contributed by atoms with E-state index in [0.29, 0.717) is 5.56 Å². The van der Waals surface area contributed by atoms with Gasteiger partial charge >= 0.3 is 0 Å². The molecule has 1 unspecified atom stereocenters. The lowest BCUT2D eigenvalue weighted by molar-refractivity contribution is 0.0342. The fraction of sp³-hybridized carbons (Fsp3) is 0.269. The van der Waals surface area contributed by atoms with Gasteiger partial charge in [-0.05, 0) is 41.0 Å². The molecule has 5 nitrogen and oxygen atoms in total. The molecule has 0 bridgehead atoms. The van der Waals surface area contributed by atoms with Crippen LogP contribution in [0.4, 0.5) is 0 Å². The first-order chi connectivity index (χ1) is 15.2. The number of carbonyl (C=O) groups excluding carboxylic acids is 1. The molecule has 1 N–H and O–H groups in total. The highest BCUT2D eigenvalue weighted by molar-refractivity contribution is 5.94. The fourth-order valence-electron chi connectivity index (χ4n) is 3.84. The maximum absolute atomic E-state index is 13.2. The zero-order chi connectivity index (χ0) is 21.5. The smallest absolute Gasteiger partial charge is 0.252 e. The number of amides is 1. The van der Waals surface area contributed by atoms with Crippen LogP contribution in [-0.4, -0.2) is 44.2 Å². The number of benzene rings is 3. The summed E-state index contributed by atoms with van der Waals surface area (Å²) in [5.74, 6) is 0.700. The van der Waals surface area contributed by atoms with Crippen molar-refractivity contribution in [3.63, 3.8) is 0 Å². The highest BCUT2D eigenvalue weighted by Gasteiger charge is 2.19. The van der Waals surface area contributed by atoms with Crippen LogP contribution in [0, 0.1) is 0 Å². The van der Waals surface area contributed by atoms with Crippen molar-refractivity contribution in [2.24, 2.45) is 0 Å². The summed E-state index contributed by atoms with van der Waals surface area (Å²) in [6, 6.07) is 25.5. The molecule has 1 amide bonds. The van der Waals surface area contributed by atoms with Crippen molar-refractivity contribution in [3.05, 3.63) is 101 Å². The number of ether oxygens (including phenoxy) is 2. The Labute approximate surface area is 183 Å². The van der Waals surface area contributed by atoms with E-state index in [0.717, 1.165) is 55.3 Å². The second-order valence-electron chi connectivity index (χ2n) is 7.68. The minimum absolute atomic E-state index is 0.0894. The van der Waals surface area contributed by atoms with Crippen LogP contribution in [-0.2, 0) is 11.3 Å². The number of rotatable bonds is 7. The van der Waals surface area contributed by atoms with Crippen LogP contribution in [0.2, 0.25) is 0 Å². The Morgan fingerprint density at radius 1 is 0.968 bits per heavy atom. The molecule has 1 atom stereocenters. The largest absolute Gasteiger partial charge is 0.497 e. The van der Waals surface area contributed by atoms with Crippen molar-refractivity contribution in [1.29, 1.82) is 0 Å². The molecule has 1 aliphatic rings. The van der Waals surface area contributed by atoms with Crippen LogP contribution in [0.5, 0.6) is 5.75 Å². The quantitative estimate of drug-likeness (QED) is 0.631. The molecule has 5 heteroatoms. The molecule has 0 aliphatic carbocycles. The van der Waals surface area contributed by atoms with Crippen molar-refractivity contribution in [2.75, 3.05) is 33.4 Å². The topological polar surface area (TPSA) is 50.8 Å². The van der Waals surface area contributed by atoms with Gasteiger partial charge in [0.1, 0.15) is 5.75 Å². The Kier molecular flexibility index (Phi) is 6.97. The van der Waals surface area contributed by atoms with E-state index >= 15 is 0 Å². The minimum Gasteiger partial charge on any atom is -0.497 e. The molecule has 31 heavy (non-hydrogen) atoms. The highest BCUT2D eigenvalue weighted by Crippen LogP contribution is 2.25. The van der Waals surface area contributed by atoms with Gasteiger partial charge in [0, 0.05) is 25.2 Å². The number of nitrogens with one attached hydrogen (secondary N) is 1. The zero-order valence-corrected chi connectivity index (χ0v) is 17.8. The first-order valence-corrected chi connectivity index (χ1v) is 10.6. The Morgan fingerprint density at radius 2 is 1.68 bits per heavy atom. The molecule has 3 aromatic rings. The minimum atomic E-state index is -0.248. The SMILES string of the molecule is COc1ccc(C(NC(=O)c2cccc(CN3CCOCC3)c2)c2ccccc2)cc1. The summed E-state index contributed by atoms with van der Waals surface area (Å²) in [5, 5.41) is 3.22. The Bertz CT molecular complexity index is 983. The predicted molar refractivity (Wildman–Crippen MR) is 121 cm³/mol. The summed E-state index contributed by atoms with van der Waals surface area (Å²) in [6.07, 6.45) is 0. The summed E-state index contributed by atoms with van der Waals surface area (Å²) in [4.78, 5) is 15.6. The van der Waals surface area contributed by atoms with E-state index in [1.165, 1.54) is 0 Å². The van der Waals surface area contributed by atoms with E-state index < -0.39 is 0 Å². The lowest BCUT2D eigenvalue weighted by Crippen LogP contribution is -2.35. The Balaban J connectivity index is 1.53. The van der Waals surface area contributed by atoms with Crippen molar-refractivity contribution in [1.82, 2.24) is 10.2 Å². The van der Waals surface area contributed by atoms with Crippen LogP contribution < -0.4 is 10.1 Å². The van der Waals surface area contributed by atoms with Crippen LogP contribution in [0.15, 0.2) is 78.9 Å². The van der Waals surface area contributed by atoms with Gasteiger partial charge in [-0.25, -0.2) is 0 Å². The van der Waals surface area contributed by atoms with Gasteiger partial charge in [0.05, 0.1) is 26.4 Å². The number of hydrogen-bond acceptors (Lipinski definition) is 4. The van der Waals surface area contributed by atoms with E-state index in [-0.39, 0.29) is 11.9 Å². The molecule has 1 saturated heterocycles. The first kappa shape index (κ1) is 21.1. The molecule has 1 heterocycles. The van der Waals surface area contributed by atoms with E-state index in [1.807, 2.05) is 72.8 Å². The molecule has 1 aliphatic heterocycles. The summed E-state index contributed by atoms with van der Waals surface area (Å²) < 4.78 is 10.7. The molecular weight excluding hydrogens is 388 g/mol. The normalized spacial score (nSPS) is 15.3. The molecule has 4 rings (SSSR count). The summed E-state index contributed by atoms with van der Waals surface area (Å²) >= 11 is 0. The second kappa shape index (κ2) is 10.2. The van der Waals surface area contributed by atoms with Crippen molar-refractivity contribution >= 4 is 5.91 Å². The van der Waals surface area contributed by atoms with Gasteiger partial charge in [-0.3, -0.25) is 9.69 Å². The summed E-state index contributed by atoms with van der Waals surface area (Å²) in [7, 11) is 1.65. The van der Waals surface area contributed by atoms with Gasteiger partial charge in [-0.15, -0.1) is 0 Å². The molecule has 0 radical (unpaired) electrons. The Morgan fingerprint density at radius 3 is 2.39 bits per heavy atom. The highest BCUT2D eigenvalue weighted by atomic mass is 16.5. The second-order valence-corrected chi connectivity index (χ2v) is 7.68. The predicted octanol–water partition coefficient (Wildman–Crippen LogP) is 4.05. The van der Waals surface area contributed by atoms with Gasteiger partial charge in [0.15, 0.2) is 0 Å². The maximum Gasteiger partial charge on any atom is 0.252 e.